The van der Waals surface area contributed by atoms with E-state index in [1.807, 2.05) is 34.9 Å². The number of hydrogen-bond donors (Lipinski definition) is 11. The molecule has 0 spiro atoms. The Morgan fingerprint density at radius 1 is 0.950 bits per heavy atom. The molecule has 0 radical (unpaired) electrons. The van der Waals surface area contributed by atoms with Gasteiger partial charge in [-0.15, -0.1) is 0 Å². The van der Waals surface area contributed by atoms with Crippen LogP contribution in [-0.2, 0) is 54.7 Å². The fourth-order valence-electron chi connectivity index (χ4n) is 6.54. The topological polar surface area (TPSA) is 393 Å². The van der Waals surface area contributed by atoms with Gasteiger partial charge >= 0.3 is 35.2 Å². The lowest BCUT2D eigenvalue weighted by atomic mass is 10.1. The molecule has 3 aromatic heterocycles. The number of fused-ring (bicyclic) bond motifs is 3. The third kappa shape index (κ3) is 10.6. The van der Waals surface area contributed by atoms with Crippen LogP contribution in [0.3, 0.4) is 0 Å². The number of imidazole rings is 1. The van der Waals surface area contributed by atoms with Gasteiger partial charge in [0.1, 0.15) is 12.6 Å². The van der Waals surface area contributed by atoms with E-state index in [-0.39, 0.29) is 42.5 Å². The molecular formula is C31H41N10O16P3+2. The molecule has 2 aromatic carbocycles. The molecule has 60 heavy (non-hydrogen) atoms. The summed E-state index contributed by atoms with van der Waals surface area (Å²) < 4.78 is 63.1. The lowest BCUT2D eigenvalue weighted by Crippen LogP contribution is -2.47. The van der Waals surface area contributed by atoms with Gasteiger partial charge in [0.25, 0.3) is 11.5 Å². The van der Waals surface area contributed by atoms with Crippen LogP contribution in [0.5, 0.6) is 0 Å². The van der Waals surface area contributed by atoms with Gasteiger partial charge in [0.15, 0.2) is 18.5 Å². The maximum Gasteiger partial charge on any atom is 0.490 e. The fraction of sp³-hybridized carbons (Fsp3) is 0.355. The van der Waals surface area contributed by atoms with Gasteiger partial charge in [-0.05, 0) is 30.3 Å². The van der Waals surface area contributed by atoms with Gasteiger partial charge in [0.05, 0.1) is 13.7 Å². The van der Waals surface area contributed by atoms with Crippen LogP contribution in [0, 0.1) is 0 Å². The van der Waals surface area contributed by atoms with E-state index in [9.17, 15) is 43.0 Å². The number of nitrogens with zero attached hydrogens (tertiary/aromatic N) is 4. The molecule has 2 amide bonds. The molecule has 26 nitrogen and oxygen atoms in total. The normalized spacial score (nSPS) is 20.2. The molecule has 6 atom stereocenters. The zero-order valence-electron chi connectivity index (χ0n) is 31.3. The third-order valence-electron chi connectivity index (χ3n) is 8.94. The number of ether oxygens (including phenoxy) is 2. The van der Waals surface area contributed by atoms with Gasteiger partial charge in [-0.2, -0.15) is 13.2 Å². The van der Waals surface area contributed by atoms with Gasteiger partial charge in [-0.25, -0.2) is 23.1 Å². The minimum absolute atomic E-state index is 0.0230. The Bertz CT molecular complexity index is 2610. The Morgan fingerprint density at radius 3 is 2.22 bits per heavy atom. The second-order valence-corrected chi connectivity index (χ2v) is 17.8. The van der Waals surface area contributed by atoms with Gasteiger partial charge in [-0.1, -0.05) is 4.98 Å². The highest BCUT2D eigenvalue weighted by atomic mass is 31.3. The quantitative estimate of drug-likeness (QED) is 0.0189. The minimum Gasteiger partial charge on any atom is -0.440 e. The summed E-state index contributed by atoms with van der Waals surface area (Å²) in [5, 5.41) is 18.3. The monoisotopic (exact) mass is 902 g/mol. The van der Waals surface area contributed by atoms with Crippen LogP contribution in [0.4, 0.5) is 22.1 Å². The smallest absolute Gasteiger partial charge is 0.440 e. The number of rotatable bonds is 16. The van der Waals surface area contributed by atoms with Crippen molar-refractivity contribution in [2.75, 3.05) is 36.9 Å². The van der Waals surface area contributed by atoms with E-state index in [0.717, 1.165) is 26.4 Å². The number of aliphatic hydroxyl groups is 1. The number of aromatic amines is 1. The van der Waals surface area contributed by atoms with E-state index in [1.165, 1.54) is 17.9 Å². The summed E-state index contributed by atoms with van der Waals surface area (Å²) in [5.41, 5.74) is 19.9. The molecule has 324 valence electrons. The molecule has 5 aromatic rings. The Morgan fingerprint density at radius 2 is 1.58 bits per heavy atom. The van der Waals surface area contributed by atoms with Crippen molar-refractivity contribution in [3.8, 4) is 0 Å². The van der Waals surface area contributed by atoms with Crippen molar-refractivity contribution in [2.24, 2.45) is 7.05 Å². The van der Waals surface area contributed by atoms with Crippen LogP contribution in [0.1, 0.15) is 19.1 Å². The number of hydrogen-bond acceptors (Lipinski definition) is 16. The predicted molar refractivity (Wildman–Crippen MR) is 207 cm³/mol. The molecule has 6 rings (SSSR count). The summed E-state index contributed by atoms with van der Waals surface area (Å²) in [5.74, 6) is -0.638. The van der Waals surface area contributed by atoms with Crippen molar-refractivity contribution >= 4 is 85.8 Å². The van der Waals surface area contributed by atoms with Gasteiger partial charge in [-0.3, -0.25) is 23.7 Å². The number of aromatic nitrogens is 5. The van der Waals surface area contributed by atoms with Gasteiger partial charge in [0.2, 0.25) is 28.7 Å². The summed E-state index contributed by atoms with van der Waals surface area (Å²) >= 11 is 0. The van der Waals surface area contributed by atoms with Crippen molar-refractivity contribution in [1.82, 2.24) is 25.2 Å². The maximum absolute atomic E-state index is 12.9. The van der Waals surface area contributed by atoms with Crippen molar-refractivity contribution < 1.29 is 79.7 Å². The molecule has 0 aliphatic carbocycles. The molecule has 1 fully saturated rings. The van der Waals surface area contributed by atoms with Gasteiger partial charge in [0, 0.05) is 60.2 Å². The standard InChI is InChI=1S/C31H39N10O16P3/c1-39-15-41(27-24(39)28(44)38-30(34)37-27)29-25(43)26(22(54-29)14-53-59(49,50)57-60(51,52)56-58(46,47)48)55-31(45)36-9-8-35-23(42)3-2-10-40-20-12-18(32)6-4-16(20)11-17-5-7-19(33)13-21(17)40/h4-7,11-13,15,22,25-26,29,43H,2-3,8-10,14H2,1H3,(H11-,32,33,34,35,36,37,38,42,44,45,46,47,48,49,50,51,52)/p+2/t22-,25+,26-,29-/m1/s1. The summed E-state index contributed by atoms with van der Waals surface area (Å²) in [4.78, 5) is 81.8. The third-order valence-corrected chi connectivity index (χ3v) is 12.7. The number of H-pyrrole nitrogens is 1. The molecule has 1 saturated heterocycles. The molecule has 2 unspecified atom stereocenters. The van der Waals surface area contributed by atoms with Gasteiger partial charge < -0.3 is 62.0 Å². The maximum atomic E-state index is 12.9. The van der Waals surface area contributed by atoms with Crippen LogP contribution in [0.25, 0.3) is 33.0 Å². The summed E-state index contributed by atoms with van der Waals surface area (Å²) in [6.45, 7) is -0.901. The number of pyridine rings is 1. The highest BCUT2D eigenvalue weighted by Crippen LogP contribution is 2.66. The number of aliphatic hydroxyl groups excluding tert-OH is 1. The molecule has 0 saturated carbocycles. The Balaban J connectivity index is 1.08. The molecule has 14 N–H and O–H groups in total. The van der Waals surface area contributed by atoms with Crippen LogP contribution >= 0.6 is 23.5 Å². The number of nitrogens with two attached hydrogens (primary N) is 3. The zero-order chi connectivity index (χ0) is 43.7. The number of nitrogens with one attached hydrogen (secondary N) is 3. The van der Waals surface area contributed by atoms with Crippen LogP contribution < -0.4 is 42.5 Å². The van der Waals surface area contributed by atoms with E-state index in [1.54, 1.807) is 12.1 Å². The molecular weight excluding hydrogens is 861 g/mol. The molecule has 29 heteroatoms. The number of anilines is 3. The highest BCUT2D eigenvalue weighted by Gasteiger charge is 2.51. The lowest BCUT2D eigenvalue weighted by molar-refractivity contribution is -0.745. The Hall–Kier alpha value is -5.07. The van der Waals surface area contributed by atoms with Crippen LogP contribution in [0.2, 0.25) is 0 Å². The van der Waals surface area contributed by atoms with Crippen LogP contribution in [-0.4, -0.2) is 89.2 Å². The first-order valence-corrected chi connectivity index (χ1v) is 22.1. The number of carbonyl (C=O) groups excluding carboxylic acids is 2. The Labute approximate surface area is 337 Å². The van der Waals surface area contributed by atoms with E-state index < -0.39 is 66.3 Å². The number of phosphoric acid groups is 3. The number of amides is 2. The first kappa shape index (κ1) is 44.5. The van der Waals surface area contributed by atoms with Crippen molar-refractivity contribution in [1.29, 1.82) is 0 Å². The predicted octanol–water partition coefficient (Wildman–Crippen LogP) is -0.817. The van der Waals surface area contributed by atoms with E-state index >= 15 is 0 Å². The second kappa shape index (κ2) is 17.5. The number of carbonyl (C=O) groups is 2. The summed E-state index contributed by atoms with van der Waals surface area (Å²) in [6, 6.07) is 13.1. The average Bonchev–Trinajstić information content (AvgIpc) is 3.62. The Kier molecular flexibility index (Phi) is 13.0. The number of benzene rings is 2. The minimum atomic E-state index is -5.89. The van der Waals surface area contributed by atoms with E-state index in [4.69, 9.17) is 36.5 Å². The largest absolute Gasteiger partial charge is 0.490 e. The fourth-order valence-corrected chi connectivity index (χ4v) is 9.57. The van der Waals surface area contributed by atoms with Crippen LogP contribution in [0.15, 0.2) is 53.6 Å². The SMILES string of the molecule is Cn1c[n+]([C@@H]2O[C@H](COP(=O)(O)OP(=O)(O)OP(=O)(O)O)[C@@H](OC(=O)NCCNC(=O)CCC[n+]3c4cc(N)ccc4cc4ccc(N)cc43)[C@@H]2O)c2nc(N)[nH]c(=O)c21. The van der Waals surface area contributed by atoms with Crippen molar-refractivity contribution in [3.05, 3.63) is 59.1 Å². The lowest BCUT2D eigenvalue weighted by Gasteiger charge is -2.22. The molecule has 1 aliphatic heterocycles. The first-order chi connectivity index (χ1) is 28.1. The number of alkyl carbamates (subject to hydrolysis) is 1. The zero-order valence-corrected chi connectivity index (χ0v) is 33.9. The first-order valence-electron chi connectivity index (χ1n) is 17.6. The molecule has 4 heterocycles. The number of nitrogen functional groups attached to an aromatic ring is 3. The highest BCUT2D eigenvalue weighted by molar-refractivity contribution is 7.66. The molecule has 0 bridgehead atoms. The van der Waals surface area contributed by atoms with Crippen molar-refractivity contribution in [2.45, 2.75) is 43.9 Å². The summed E-state index contributed by atoms with van der Waals surface area (Å²) in [7, 11) is -15.8. The van der Waals surface area contributed by atoms with E-state index in [0.29, 0.717) is 24.3 Å². The number of phosphoric ester groups is 1. The second-order valence-electron chi connectivity index (χ2n) is 13.4. The number of aryl methyl sites for hydroxylation is 2. The summed E-state index contributed by atoms with van der Waals surface area (Å²) in [6.07, 6.45) is -6.14. The average molecular weight is 903 g/mol. The van der Waals surface area contributed by atoms with E-state index in [2.05, 4.69) is 33.7 Å². The van der Waals surface area contributed by atoms with Crippen molar-refractivity contribution in [3.63, 3.8) is 0 Å². The molecule has 1 aliphatic rings.